The standard InChI is InChI=1S/C18H23N5O2/c1-21(2)9-10-22-12-14(11-17(22)24)18(25)20-15-3-5-16(6-4-15)23-8-7-19-13-23/h3-8,13-14H,9-12H2,1-2H3,(H,20,25). The van der Waals surface area contributed by atoms with Crippen LogP contribution in [0.4, 0.5) is 5.69 Å². The maximum Gasteiger partial charge on any atom is 0.229 e. The van der Waals surface area contributed by atoms with Gasteiger partial charge in [-0.05, 0) is 38.4 Å². The van der Waals surface area contributed by atoms with Gasteiger partial charge in [-0.25, -0.2) is 4.98 Å². The molecule has 0 radical (unpaired) electrons. The minimum atomic E-state index is -0.289. The van der Waals surface area contributed by atoms with E-state index < -0.39 is 0 Å². The average Bonchev–Trinajstić information content (AvgIpc) is 3.23. The van der Waals surface area contributed by atoms with Gasteiger partial charge in [0.1, 0.15) is 0 Å². The fourth-order valence-corrected chi connectivity index (χ4v) is 2.86. The summed E-state index contributed by atoms with van der Waals surface area (Å²) < 4.78 is 1.89. The topological polar surface area (TPSA) is 70.5 Å². The molecule has 0 spiro atoms. The molecule has 1 saturated heterocycles. The fraction of sp³-hybridized carbons (Fsp3) is 0.389. The molecule has 1 atom stereocenters. The summed E-state index contributed by atoms with van der Waals surface area (Å²) in [5.74, 6) is -0.337. The highest BCUT2D eigenvalue weighted by molar-refractivity contribution is 5.97. The van der Waals surface area contributed by atoms with Crippen LogP contribution in [0, 0.1) is 5.92 Å². The van der Waals surface area contributed by atoms with Crippen molar-refractivity contribution in [3.05, 3.63) is 43.0 Å². The first-order valence-corrected chi connectivity index (χ1v) is 8.34. The van der Waals surface area contributed by atoms with Crippen LogP contribution in [0.15, 0.2) is 43.0 Å². The van der Waals surface area contributed by atoms with E-state index >= 15 is 0 Å². The van der Waals surface area contributed by atoms with Gasteiger partial charge in [0.05, 0.1) is 12.2 Å². The predicted molar refractivity (Wildman–Crippen MR) is 95.4 cm³/mol. The lowest BCUT2D eigenvalue weighted by molar-refractivity contribution is -0.128. The SMILES string of the molecule is CN(C)CCN1CC(C(=O)Nc2ccc(-n3ccnc3)cc2)CC1=O. The Labute approximate surface area is 147 Å². The van der Waals surface area contributed by atoms with Gasteiger partial charge < -0.3 is 19.7 Å². The highest BCUT2D eigenvalue weighted by Gasteiger charge is 2.34. The summed E-state index contributed by atoms with van der Waals surface area (Å²) >= 11 is 0. The average molecular weight is 341 g/mol. The second kappa shape index (κ2) is 7.48. The number of amides is 2. The van der Waals surface area contributed by atoms with Gasteiger partial charge in [0, 0.05) is 49.8 Å². The van der Waals surface area contributed by atoms with Crippen LogP contribution in [-0.2, 0) is 9.59 Å². The van der Waals surface area contributed by atoms with E-state index in [9.17, 15) is 9.59 Å². The number of aromatic nitrogens is 2. The number of imidazole rings is 1. The van der Waals surface area contributed by atoms with Gasteiger partial charge >= 0.3 is 0 Å². The molecule has 1 N–H and O–H groups in total. The second-order valence-corrected chi connectivity index (χ2v) is 6.55. The zero-order valence-electron chi connectivity index (χ0n) is 14.6. The Morgan fingerprint density at radius 3 is 2.72 bits per heavy atom. The molecular weight excluding hydrogens is 318 g/mol. The smallest absolute Gasteiger partial charge is 0.229 e. The Morgan fingerprint density at radius 2 is 2.08 bits per heavy atom. The number of likely N-dealkylation sites (N-methyl/N-ethyl adjacent to an activating group) is 1. The van der Waals surface area contributed by atoms with Gasteiger partial charge in [0.25, 0.3) is 0 Å². The number of rotatable bonds is 6. The molecule has 1 aromatic carbocycles. The van der Waals surface area contributed by atoms with Gasteiger partial charge in [-0.1, -0.05) is 0 Å². The maximum absolute atomic E-state index is 12.4. The van der Waals surface area contributed by atoms with Gasteiger partial charge in [0.2, 0.25) is 11.8 Å². The molecule has 0 saturated carbocycles. The summed E-state index contributed by atoms with van der Waals surface area (Å²) in [6.07, 6.45) is 5.58. The van der Waals surface area contributed by atoms with E-state index in [-0.39, 0.29) is 24.2 Å². The first kappa shape index (κ1) is 17.2. The Kier molecular flexibility index (Phi) is 5.14. The summed E-state index contributed by atoms with van der Waals surface area (Å²) in [6, 6.07) is 7.54. The van der Waals surface area contributed by atoms with Crippen molar-refractivity contribution in [3.63, 3.8) is 0 Å². The molecule has 1 aliphatic rings. The summed E-state index contributed by atoms with van der Waals surface area (Å²) in [5.41, 5.74) is 1.70. The van der Waals surface area contributed by atoms with E-state index in [2.05, 4.69) is 10.3 Å². The number of nitrogens with one attached hydrogen (secondary N) is 1. The van der Waals surface area contributed by atoms with Crippen molar-refractivity contribution in [2.75, 3.05) is 39.0 Å². The summed E-state index contributed by atoms with van der Waals surface area (Å²) in [4.78, 5) is 32.3. The number of benzene rings is 1. The Balaban J connectivity index is 1.56. The van der Waals surface area contributed by atoms with Crippen LogP contribution in [0.2, 0.25) is 0 Å². The molecule has 25 heavy (non-hydrogen) atoms. The molecule has 7 nitrogen and oxygen atoms in total. The third-order valence-corrected chi connectivity index (χ3v) is 4.34. The maximum atomic E-state index is 12.4. The lowest BCUT2D eigenvalue weighted by atomic mass is 10.1. The quantitative estimate of drug-likeness (QED) is 0.858. The van der Waals surface area contributed by atoms with Crippen molar-refractivity contribution >= 4 is 17.5 Å². The number of hydrogen-bond acceptors (Lipinski definition) is 4. The van der Waals surface area contributed by atoms with E-state index in [1.54, 1.807) is 17.4 Å². The van der Waals surface area contributed by atoms with Crippen molar-refractivity contribution in [1.29, 1.82) is 0 Å². The third-order valence-electron chi connectivity index (χ3n) is 4.34. The van der Waals surface area contributed by atoms with Crippen LogP contribution in [-0.4, -0.2) is 64.9 Å². The highest BCUT2D eigenvalue weighted by atomic mass is 16.2. The number of anilines is 1. The van der Waals surface area contributed by atoms with E-state index in [0.29, 0.717) is 13.1 Å². The number of likely N-dealkylation sites (tertiary alicyclic amines) is 1. The van der Waals surface area contributed by atoms with Crippen LogP contribution < -0.4 is 5.32 Å². The van der Waals surface area contributed by atoms with Gasteiger partial charge in [-0.3, -0.25) is 9.59 Å². The zero-order valence-corrected chi connectivity index (χ0v) is 14.6. The lowest BCUT2D eigenvalue weighted by Crippen LogP contribution is -2.33. The highest BCUT2D eigenvalue weighted by Crippen LogP contribution is 2.20. The molecule has 0 aliphatic carbocycles. The number of carbonyl (C=O) groups is 2. The van der Waals surface area contributed by atoms with Crippen LogP contribution in [0.3, 0.4) is 0 Å². The summed E-state index contributed by atoms with van der Waals surface area (Å²) in [6.45, 7) is 1.95. The molecule has 3 rings (SSSR count). The first-order valence-electron chi connectivity index (χ1n) is 8.34. The van der Waals surface area contributed by atoms with Gasteiger partial charge in [0.15, 0.2) is 0 Å². The van der Waals surface area contributed by atoms with Crippen molar-refractivity contribution in [2.24, 2.45) is 5.92 Å². The Morgan fingerprint density at radius 1 is 1.32 bits per heavy atom. The van der Waals surface area contributed by atoms with Gasteiger partial charge in [-0.2, -0.15) is 0 Å². The largest absolute Gasteiger partial charge is 0.341 e. The Hall–Kier alpha value is -2.67. The molecule has 1 fully saturated rings. The second-order valence-electron chi connectivity index (χ2n) is 6.55. The number of hydrogen-bond donors (Lipinski definition) is 1. The van der Waals surface area contributed by atoms with Gasteiger partial charge in [-0.15, -0.1) is 0 Å². The molecule has 1 aromatic heterocycles. The molecule has 1 aliphatic heterocycles. The minimum Gasteiger partial charge on any atom is -0.341 e. The minimum absolute atomic E-state index is 0.0532. The van der Waals surface area contributed by atoms with Crippen LogP contribution in [0.5, 0.6) is 0 Å². The molecule has 132 valence electrons. The normalized spacial score (nSPS) is 17.3. The van der Waals surface area contributed by atoms with Crippen LogP contribution in [0.25, 0.3) is 5.69 Å². The third kappa shape index (κ3) is 4.24. The molecule has 2 heterocycles. The molecule has 2 amide bonds. The molecule has 0 bridgehead atoms. The monoisotopic (exact) mass is 341 g/mol. The fourth-order valence-electron chi connectivity index (χ4n) is 2.86. The van der Waals surface area contributed by atoms with Crippen LogP contribution >= 0.6 is 0 Å². The van der Waals surface area contributed by atoms with Crippen molar-refractivity contribution in [1.82, 2.24) is 19.4 Å². The van der Waals surface area contributed by atoms with Crippen molar-refractivity contribution < 1.29 is 9.59 Å². The zero-order chi connectivity index (χ0) is 17.8. The lowest BCUT2D eigenvalue weighted by Gasteiger charge is -2.19. The van der Waals surface area contributed by atoms with Crippen molar-refractivity contribution in [2.45, 2.75) is 6.42 Å². The predicted octanol–water partition coefficient (Wildman–Crippen LogP) is 1.22. The van der Waals surface area contributed by atoms with E-state index in [4.69, 9.17) is 0 Å². The number of nitrogens with zero attached hydrogens (tertiary/aromatic N) is 4. The molecule has 7 heteroatoms. The molecule has 1 unspecified atom stereocenters. The Bertz CT molecular complexity index is 724. The van der Waals surface area contributed by atoms with E-state index in [1.807, 2.05) is 54.0 Å². The van der Waals surface area contributed by atoms with E-state index in [0.717, 1.165) is 17.9 Å². The molecular formula is C18H23N5O2. The first-order chi connectivity index (χ1) is 12.0. The summed E-state index contributed by atoms with van der Waals surface area (Å²) in [5, 5.41) is 2.91. The number of carbonyl (C=O) groups excluding carboxylic acids is 2. The molecule has 2 aromatic rings. The van der Waals surface area contributed by atoms with Crippen molar-refractivity contribution in [3.8, 4) is 5.69 Å². The van der Waals surface area contributed by atoms with Crippen LogP contribution in [0.1, 0.15) is 6.42 Å². The van der Waals surface area contributed by atoms with E-state index in [1.165, 1.54) is 0 Å². The summed E-state index contributed by atoms with van der Waals surface area (Å²) in [7, 11) is 3.94.